The van der Waals surface area contributed by atoms with Crippen molar-refractivity contribution in [3.8, 4) is 11.3 Å². The van der Waals surface area contributed by atoms with Crippen LogP contribution in [0, 0.1) is 0 Å². The van der Waals surface area contributed by atoms with E-state index in [2.05, 4.69) is 14.4 Å². The first kappa shape index (κ1) is 18.2. The third-order valence-corrected chi connectivity index (χ3v) is 5.82. The van der Waals surface area contributed by atoms with Gasteiger partial charge >= 0.3 is 5.97 Å². The zero-order chi connectivity index (χ0) is 18.6. The molecule has 0 radical (unpaired) electrons. The fraction of sp³-hybridized carbons (Fsp3) is 0.111. The third kappa shape index (κ3) is 3.98. The van der Waals surface area contributed by atoms with E-state index in [4.69, 9.17) is 0 Å². The van der Waals surface area contributed by atoms with E-state index in [1.165, 1.54) is 31.4 Å². The number of thiophene rings is 1. The molecule has 0 bridgehead atoms. The predicted molar refractivity (Wildman–Crippen MR) is 99.4 cm³/mol. The van der Waals surface area contributed by atoms with Crippen molar-refractivity contribution >= 4 is 27.3 Å². The minimum absolute atomic E-state index is 0.0751. The number of benzene rings is 1. The van der Waals surface area contributed by atoms with Gasteiger partial charge in [0.1, 0.15) is 0 Å². The zero-order valence-electron chi connectivity index (χ0n) is 13.9. The highest BCUT2D eigenvalue weighted by Gasteiger charge is 2.16. The number of pyridine rings is 1. The van der Waals surface area contributed by atoms with E-state index in [0.717, 1.165) is 16.8 Å². The molecule has 0 aliphatic rings. The second-order valence-corrected chi connectivity index (χ2v) is 7.91. The van der Waals surface area contributed by atoms with Crippen molar-refractivity contribution in [3.63, 3.8) is 0 Å². The highest BCUT2D eigenvalue weighted by molar-refractivity contribution is 7.89. The number of rotatable bonds is 6. The van der Waals surface area contributed by atoms with Crippen LogP contribution in [0.15, 0.2) is 64.3 Å². The van der Waals surface area contributed by atoms with E-state index in [0.29, 0.717) is 5.56 Å². The van der Waals surface area contributed by atoms with Crippen molar-refractivity contribution in [2.45, 2.75) is 11.4 Å². The summed E-state index contributed by atoms with van der Waals surface area (Å²) in [5.41, 5.74) is 2.77. The predicted octanol–water partition coefficient (Wildman–Crippen LogP) is 3.08. The monoisotopic (exact) mass is 388 g/mol. The average Bonchev–Trinajstić information content (AvgIpc) is 3.21. The zero-order valence-corrected chi connectivity index (χ0v) is 15.5. The molecule has 0 aliphatic heterocycles. The van der Waals surface area contributed by atoms with E-state index < -0.39 is 16.0 Å². The Hall–Kier alpha value is -2.55. The average molecular weight is 388 g/mol. The molecule has 1 aromatic carbocycles. The summed E-state index contributed by atoms with van der Waals surface area (Å²) in [7, 11) is -2.45. The molecule has 0 aliphatic carbocycles. The first-order chi connectivity index (χ1) is 12.5. The van der Waals surface area contributed by atoms with Gasteiger partial charge in [-0.15, -0.1) is 0 Å². The molecule has 0 unspecified atom stereocenters. The number of carbonyl (C=O) groups excluding carboxylic acids is 1. The van der Waals surface area contributed by atoms with Crippen LogP contribution in [0.1, 0.15) is 15.9 Å². The van der Waals surface area contributed by atoms with Gasteiger partial charge in [-0.3, -0.25) is 4.98 Å². The Balaban J connectivity index is 1.78. The number of hydrogen-bond acceptors (Lipinski definition) is 6. The molecular formula is C18H16N2O4S2. The standard InChI is InChI=1S/C18H16N2O4S2/c1-24-18(21)13-4-6-16(7-5-13)26(22,23)20-11-14-3-2-9-19-17(14)15-8-10-25-12-15/h2-10,12,20H,11H2,1H3. The van der Waals surface area contributed by atoms with Crippen molar-refractivity contribution in [1.82, 2.24) is 9.71 Å². The molecule has 0 saturated heterocycles. The summed E-state index contributed by atoms with van der Waals surface area (Å²) in [5.74, 6) is -0.516. The van der Waals surface area contributed by atoms with Crippen molar-refractivity contribution in [3.05, 3.63) is 70.5 Å². The highest BCUT2D eigenvalue weighted by Crippen LogP contribution is 2.24. The van der Waals surface area contributed by atoms with E-state index >= 15 is 0 Å². The smallest absolute Gasteiger partial charge is 0.337 e. The Morgan fingerprint density at radius 2 is 1.96 bits per heavy atom. The highest BCUT2D eigenvalue weighted by atomic mass is 32.2. The maximum absolute atomic E-state index is 12.5. The first-order valence-electron chi connectivity index (χ1n) is 7.66. The quantitative estimate of drug-likeness (QED) is 0.656. The number of hydrogen-bond donors (Lipinski definition) is 1. The van der Waals surface area contributed by atoms with Crippen molar-refractivity contribution in [2.24, 2.45) is 0 Å². The van der Waals surface area contributed by atoms with Gasteiger partial charge in [0.15, 0.2) is 0 Å². The molecule has 2 aromatic heterocycles. The van der Waals surface area contributed by atoms with Crippen LogP contribution >= 0.6 is 11.3 Å². The van der Waals surface area contributed by atoms with Gasteiger partial charge in [-0.25, -0.2) is 17.9 Å². The third-order valence-electron chi connectivity index (χ3n) is 3.72. The van der Waals surface area contributed by atoms with Gasteiger partial charge in [0.2, 0.25) is 10.0 Å². The van der Waals surface area contributed by atoms with Crippen molar-refractivity contribution in [1.29, 1.82) is 0 Å². The molecule has 26 heavy (non-hydrogen) atoms. The number of ether oxygens (including phenoxy) is 1. The summed E-state index contributed by atoms with van der Waals surface area (Å²) in [5, 5.41) is 3.91. The SMILES string of the molecule is COC(=O)c1ccc(S(=O)(=O)NCc2cccnc2-c2ccsc2)cc1. The van der Waals surface area contributed by atoms with Crippen LogP contribution in [-0.4, -0.2) is 26.5 Å². The second kappa shape index (κ2) is 7.77. The van der Waals surface area contributed by atoms with Crippen LogP contribution in [0.25, 0.3) is 11.3 Å². The molecule has 1 N–H and O–H groups in total. The summed E-state index contributed by atoms with van der Waals surface area (Å²) < 4.78 is 32.2. The lowest BCUT2D eigenvalue weighted by Gasteiger charge is -2.10. The number of carbonyl (C=O) groups is 1. The molecule has 0 atom stereocenters. The van der Waals surface area contributed by atoms with Crippen LogP contribution in [0.4, 0.5) is 0 Å². The topological polar surface area (TPSA) is 85.4 Å². The molecule has 3 aromatic rings. The molecule has 0 amide bonds. The molecule has 0 spiro atoms. The van der Waals surface area contributed by atoms with Crippen LogP contribution in [0.3, 0.4) is 0 Å². The van der Waals surface area contributed by atoms with Crippen molar-refractivity contribution in [2.75, 3.05) is 7.11 Å². The van der Waals surface area contributed by atoms with Crippen LogP contribution in [-0.2, 0) is 21.3 Å². The number of sulfonamides is 1. The number of nitrogens with one attached hydrogen (secondary N) is 1. The van der Waals surface area contributed by atoms with E-state index in [1.54, 1.807) is 23.6 Å². The lowest BCUT2D eigenvalue weighted by molar-refractivity contribution is 0.0600. The molecule has 2 heterocycles. The number of methoxy groups -OCH3 is 1. The molecule has 3 rings (SSSR count). The van der Waals surface area contributed by atoms with Gasteiger partial charge in [0.25, 0.3) is 0 Å². The largest absolute Gasteiger partial charge is 0.465 e. The molecule has 0 fully saturated rings. The number of nitrogens with zero attached hydrogens (tertiary/aromatic N) is 1. The van der Waals surface area contributed by atoms with Gasteiger partial charge in [-0.2, -0.15) is 11.3 Å². The minimum Gasteiger partial charge on any atom is -0.465 e. The second-order valence-electron chi connectivity index (χ2n) is 5.36. The minimum atomic E-state index is -3.72. The van der Waals surface area contributed by atoms with E-state index in [-0.39, 0.29) is 11.4 Å². The van der Waals surface area contributed by atoms with Gasteiger partial charge in [0, 0.05) is 23.7 Å². The summed E-state index contributed by atoms with van der Waals surface area (Å²) in [6.07, 6.45) is 1.68. The fourth-order valence-corrected chi connectivity index (χ4v) is 4.03. The maximum atomic E-state index is 12.5. The fourth-order valence-electron chi connectivity index (χ4n) is 2.38. The Kier molecular flexibility index (Phi) is 5.46. The number of aromatic nitrogens is 1. The molecule has 8 heteroatoms. The maximum Gasteiger partial charge on any atom is 0.337 e. The van der Waals surface area contributed by atoms with Gasteiger partial charge < -0.3 is 4.74 Å². The normalized spacial score (nSPS) is 11.3. The Morgan fingerprint density at radius 3 is 2.62 bits per heavy atom. The Labute approximate surface area is 155 Å². The Morgan fingerprint density at radius 1 is 1.19 bits per heavy atom. The van der Waals surface area contributed by atoms with Gasteiger partial charge in [-0.05, 0) is 47.3 Å². The molecule has 134 valence electrons. The number of esters is 1. The van der Waals surface area contributed by atoms with Crippen molar-refractivity contribution < 1.29 is 17.9 Å². The lowest BCUT2D eigenvalue weighted by atomic mass is 10.1. The van der Waals surface area contributed by atoms with Crippen LogP contribution < -0.4 is 4.72 Å². The summed E-state index contributed by atoms with van der Waals surface area (Å²) >= 11 is 1.55. The lowest BCUT2D eigenvalue weighted by Crippen LogP contribution is -2.23. The summed E-state index contributed by atoms with van der Waals surface area (Å²) in [6.45, 7) is 0.111. The molecule has 6 nitrogen and oxygen atoms in total. The summed E-state index contributed by atoms with van der Waals surface area (Å²) in [6, 6.07) is 11.1. The van der Waals surface area contributed by atoms with E-state index in [9.17, 15) is 13.2 Å². The van der Waals surface area contributed by atoms with Crippen LogP contribution in [0.5, 0.6) is 0 Å². The molecular weight excluding hydrogens is 372 g/mol. The molecule has 0 saturated carbocycles. The van der Waals surface area contributed by atoms with E-state index in [1.807, 2.05) is 22.9 Å². The Bertz CT molecular complexity index is 998. The summed E-state index contributed by atoms with van der Waals surface area (Å²) in [4.78, 5) is 15.9. The van der Waals surface area contributed by atoms with Gasteiger partial charge in [-0.1, -0.05) is 6.07 Å². The van der Waals surface area contributed by atoms with Crippen LogP contribution in [0.2, 0.25) is 0 Å². The first-order valence-corrected chi connectivity index (χ1v) is 10.1. The van der Waals surface area contributed by atoms with Gasteiger partial charge in [0.05, 0.1) is 23.3 Å².